The van der Waals surface area contributed by atoms with Gasteiger partial charge in [-0.05, 0) is 49.1 Å². The molecule has 0 bridgehead atoms. The number of aliphatic hydroxyl groups excluding tert-OH is 1. The quantitative estimate of drug-likeness (QED) is 0.940. The second-order valence-corrected chi connectivity index (χ2v) is 5.48. The zero-order chi connectivity index (χ0) is 14.8. The summed E-state index contributed by atoms with van der Waals surface area (Å²) in [4.78, 5) is 14.6. The van der Waals surface area contributed by atoms with E-state index in [2.05, 4.69) is 6.92 Å². The van der Waals surface area contributed by atoms with Crippen molar-refractivity contribution in [2.45, 2.75) is 25.8 Å². The number of hydrogen-bond donors (Lipinski definition) is 1. The third-order valence-electron chi connectivity index (χ3n) is 4.07. The molecule has 3 nitrogen and oxygen atoms in total. The van der Waals surface area contributed by atoms with Crippen LogP contribution in [0.5, 0.6) is 0 Å². The van der Waals surface area contributed by atoms with Gasteiger partial charge in [-0.15, -0.1) is 0 Å². The van der Waals surface area contributed by atoms with E-state index in [0.29, 0.717) is 12.0 Å². The Balaban J connectivity index is 2.00. The van der Waals surface area contributed by atoms with E-state index in [9.17, 15) is 9.90 Å². The number of nitrogens with zero attached hydrogens (tertiary/aromatic N) is 1. The van der Waals surface area contributed by atoms with E-state index >= 15 is 0 Å². The molecule has 0 radical (unpaired) electrons. The Morgan fingerprint density at radius 2 is 1.95 bits per heavy atom. The van der Waals surface area contributed by atoms with Crippen LogP contribution in [0.15, 0.2) is 48.5 Å². The van der Waals surface area contributed by atoms with Gasteiger partial charge >= 0.3 is 0 Å². The van der Waals surface area contributed by atoms with Gasteiger partial charge in [0.25, 0.3) is 5.91 Å². The maximum absolute atomic E-state index is 12.8. The SMILES string of the molecule is CC1Cc2c(CCO)cccc2N1C(=O)c1ccccc1. The molecule has 21 heavy (non-hydrogen) atoms. The molecule has 1 unspecified atom stereocenters. The maximum Gasteiger partial charge on any atom is 0.258 e. The van der Waals surface area contributed by atoms with Gasteiger partial charge in [-0.2, -0.15) is 0 Å². The first-order valence-corrected chi connectivity index (χ1v) is 7.32. The molecule has 2 aromatic rings. The first-order chi connectivity index (χ1) is 10.2. The van der Waals surface area contributed by atoms with Crippen molar-refractivity contribution in [1.82, 2.24) is 0 Å². The van der Waals surface area contributed by atoms with E-state index in [0.717, 1.165) is 17.7 Å². The van der Waals surface area contributed by atoms with Crippen molar-refractivity contribution in [2.75, 3.05) is 11.5 Å². The van der Waals surface area contributed by atoms with Gasteiger partial charge in [-0.25, -0.2) is 0 Å². The van der Waals surface area contributed by atoms with Crippen LogP contribution in [-0.2, 0) is 12.8 Å². The predicted octanol–water partition coefficient (Wildman–Crippen LogP) is 2.81. The van der Waals surface area contributed by atoms with Crippen LogP contribution in [-0.4, -0.2) is 23.7 Å². The molecule has 2 aromatic carbocycles. The van der Waals surface area contributed by atoms with Crippen LogP contribution in [0.2, 0.25) is 0 Å². The summed E-state index contributed by atoms with van der Waals surface area (Å²) in [7, 11) is 0. The third kappa shape index (κ3) is 2.45. The summed E-state index contributed by atoms with van der Waals surface area (Å²) in [5.41, 5.74) is 4.04. The highest BCUT2D eigenvalue weighted by Crippen LogP contribution is 2.35. The average molecular weight is 281 g/mol. The van der Waals surface area contributed by atoms with Crippen molar-refractivity contribution in [3.8, 4) is 0 Å². The summed E-state index contributed by atoms with van der Waals surface area (Å²) in [6.45, 7) is 2.21. The molecule has 1 N–H and O–H groups in total. The van der Waals surface area contributed by atoms with Crippen molar-refractivity contribution < 1.29 is 9.90 Å². The summed E-state index contributed by atoms with van der Waals surface area (Å²) in [6, 6.07) is 15.5. The molecule has 0 saturated heterocycles. The fraction of sp³-hybridized carbons (Fsp3) is 0.278. The smallest absolute Gasteiger partial charge is 0.258 e. The largest absolute Gasteiger partial charge is 0.396 e. The summed E-state index contributed by atoms with van der Waals surface area (Å²) >= 11 is 0. The zero-order valence-corrected chi connectivity index (χ0v) is 12.1. The van der Waals surface area contributed by atoms with Crippen LogP contribution in [0.25, 0.3) is 0 Å². The number of fused-ring (bicyclic) bond motifs is 1. The number of rotatable bonds is 3. The number of carbonyl (C=O) groups is 1. The maximum atomic E-state index is 12.8. The van der Waals surface area contributed by atoms with E-state index in [1.165, 1.54) is 5.56 Å². The minimum Gasteiger partial charge on any atom is -0.396 e. The molecule has 1 heterocycles. The number of anilines is 1. The Morgan fingerprint density at radius 3 is 2.67 bits per heavy atom. The summed E-state index contributed by atoms with van der Waals surface area (Å²) in [5, 5.41) is 9.19. The van der Waals surface area contributed by atoms with Crippen molar-refractivity contribution in [3.05, 3.63) is 65.2 Å². The topological polar surface area (TPSA) is 40.5 Å². The average Bonchev–Trinajstić information content (AvgIpc) is 2.85. The molecule has 0 saturated carbocycles. The van der Waals surface area contributed by atoms with Crippen molar-refractivity contribution in [2.24, 2.45) is 0 Å². The van der Waals surface area contributed by atoms with Gasteiger partial charge in [0, 0.05) is 23.9 Å². The second-order valence-electron chi connectivity index (χ2n) is 5.48. The molecule has 3 heteroatoms. The first-order valence-electron chi connectivity index (χ1n) is 7.32. The Kier molecular flexibility index (Phi) is 3.76. The van der Waals surface area contributed by atoms with Crippen LogP contribution in [0.1, 0.15) is 28.4 Å². The molecule has 1 aliphatic heterocycles. The van der Waals surface area contributed by atoms with Crippen LogP contribution >= 0.6 is 0 Å². The Hall–Kier alpha value is -2.13. The lowest BCUT2D eigenvalue weighted by atomic mass is 10.0. The molecular formula is C18H19NO2. The first kappa shape index (κ1) is 13.8. The standard InChI is InChI=1S/C18H19NO2/c1-13-12-16-14(10-11-20)8-5-9-17(16)19(13)18(21)15-6-3-2-4-7-15/h2-9,13,20H,10-12H2,1H3. The highest BCUT2D eigenvalue weighted by molar-refractivity contribution is 6.07. The van der Waals surface area contributed by atoms with Gasteiger partial charge in [-0.3, -0.25) is 4.79 Å². The van der Waals surface area contributed by atoms with Crippen molar-refractivity contribution >= 4 is 11.6 Å². The lowest BCUT2D eigenvalue weighted by Crippen LogP contribution is -2.35. The second kappa shape index (κ2) is 5.70. The van der Waals surface area contributed by atoms with Gasteiger partial charge in [0.05, 0.1) is 0 Å². The van der Waals surface area contributed by atoms with Gasteiger partial charge in [0.2, 0.25) is 0 Å². The Morgan fingerprint density at radius 1 is 1.19 bits per heavy atom. The number of aliphatic hydroxyl groups is 1. The van der Waals surface area contributed by atoms with Gasteiger partial charge in [-0.1, -0.05) is 30.3 Å². The van der Waals surface area contributed by atoms with Crippen LogP contribution in [0.3, 0.4) is 0 Å². The fourth-order valence-electron chi connectivity index (χ4n) is 3.09. The molecule has 0 aromatic heterocycles. The van der Waals surface area contributed by atoms with Crippen LogP contribution < -0.4 is 4.90 Å². The molecule has 0 spiro atoms. The van der Waals surface area contributed by atoms with E-state index in [-0.39, 0.29) is 18.6 Å². The number of hydrogen-bond acceptors (Lipinski definition) is 2. The van der Waals surface area contributed by atoms with E-state index in [4.69, 9.17) is 0 Å². The monoisotopic (exact) mass is 281 g/mol. The lowest BCUT2D eigenvalue weighted by Gasteiger charge is -2.23. The van der Waals surface area contributed by atoms with Crippen LogP contribution in [0.4, 0.5) is 5.69 Å². The summed E-state index contributed by atoms with van der Waals surface area (Å²) < 4.78 is 0. The van der Waals surface area contributed by atoms with Crippen molar-refractivity contribution in [3.63, 3.8) is 0 Å². The summed E-state index contributed by atoms with van der Waals surface area (Å²) in [5.74, 6) is 0.0444. The highest BCUT2D eigenvalue weighted by atomic mass is 16.3. The van der Waals surface area contributed by atoms with Gasteiger partial charge < -0.3 is 10.0 Å². The number of amides is 1. The molecule has 0 aliphatic carbocycles. The Bertz CT molecular complexity index is 652. The molecule has 108 valence electrons. The normalized spacial score (nSPS) is 16.9. The molecular weight excluding hydrogens is 262 g/mol. The lowest BCUT2D eigenvalue weighted by molar-refractivity contribution is 0.0981. The molecule has 0 fully saturated rings. The third-order valence-corrected chi connectivity index (χ3v) is 4.07. The van der Waals surface area contributed by atoms with Gasteiger partial charge in [0.15, 0.2) is 0 Å². The minimum absolute atomic E-state index is 0.0444. The number of carbonyl (C=O) groups excluding carboxylic acids is 1. The summed E-state index contributed by atoms with van der Waals surface area (Å²) in [6.07, 6.45) is 1.49. The van der Waals surface area contributed by atoms with Crippen molar-refractivity contribution in [1.29, 1.82) is 0 Å². The predicted molar refractivity (Wildman–Crippen MR) is 83.6 cm³/mol. The Labute approximate surface area is 124 Å². The zero-order valence-electron chi connectivity index (χ0n) is 12.1. The molecule has 3 rings (SSSR count). The van der Waals surface area contributed by atoms with Gasteiger partial charge in [0.1, 0.15) is 0 Å². The fourth-order valence-corrected chi connectivity index (χ4v) is 3.09. The molecule has 1 aliphatic rings. The highest BCUT2D eigenvalue weighted by Gasteiger charge is 2.32. The van der Waals surface area contributed by atoms with E-state index < -0.39 is 0 Å². The van der Waals surface area contributed by atoms with E-state index in [1.807, 2.05) is 53.4 Å². The number of benzene rings is 2. The minimum atomic E-state index is 0.0444. The molecule has 1 atom stereocenters. The van der Waals surface area contributed by atoms with E-state index in [1.54, 1.807) is 0 Å². The molecule has 1 amide bonds. The van der Waals surface area contributed by atoms with Crippen LogP contribution in [0, 0.1) is 0 Å².